The molecule has 0 fully saturated rings. The molecule has 12 rings (SSSR count). The highest BCUT2D eigenvalue weighted by molar-refractivity contribution is 6.13. The van der Waals surface area contributed by atoms with Crippen molar-refractivity contribution in [3.63, 3.8) is 0 Å². The quantitative estimate of drug-likeness (QED) is 0.0977. The highest BCUT2D eigenvalue weighted by Gasteiger charge is 2.31. The number of benzene rings is 3. The molecule has 0 bridgehead atoms. The molecule has 0 saturated heterocycles. The Labute approximate surface area is 521 Å². The summed E-state index contributed by atoms with van der Waals surface area (Å²) in [5, 5.41) is 25.4. The largest absolute Gasteiger partial charge is 0.508 e. The molecule has 3 aromatic carbocycles. The van der Waals surface area contributed by atoms with Crippen LogP contribution in [-0.4, -0.2) is 89.6 Å². The Morgan fingerprint density at radius 2 is 0.934 bits per heavy atom. The molecule has 0 radical (unpaired) electrons. The molecule has 0 aliphatic carbocycles. The maximum absolute atomic E-state index is 14.1. The van der Waals surface area contributed by atoms with Gasteiger partial charge in [0.25, 0.3) is 28.5 Å². The number of aromatic hydroxyl groups is 1. The van der Waals surface area contributed by atoms with Gasteiger partial charge in [-0.15, -0.1) is 0 Å². The zero-order chi connectivity index (χ0) is 66.2. The van der Waals surface area contributed by atoms with Gasteiger partial charge in [0, 0.05) is 38.5 Å². The monoisotopic (exact) mass is 1250 g/mol. The van der Waals surface area contributed by atoms with Crippen LogP contribution in [0.3, 0.4) is 0 Å². The number of amides is 2. The number of hydrogen-bond acceptors (Lipinski definition) is 18. The van der Waals surface area contributed by atoms with E-state index in [1.165, 1.54) is 38.5 Å². The number of methoxy groups -OCH3 is 1. The minimum absolute atomic E-state index is 0.0221. The molecule has 23 nitrogen and oxygen atoms in total. The van der Waals surface area contributed by atoms with Gasteiger partial charge in [-0.1, -0.05) is 0 Å². The van der Waals surface area contributed by atoms with E-state index in [1.807, 2.05) is 76.2 Å². The van der Waals surface area contributed by atoms with E-state index in [0.717, 1.165) is 11.1 Å². The average molecular weight is 1250 g/mol. The molecule has 2 aliphatic heterocycles. The normalized spacial score (nSPS) is 12.8. The van der Waals surface area contributed by atoms with Crippen molar-refractivity contribution in [3.05, 3.63) is 168 Å². The summed E-state index contributed by atoms with van der Waals surface area (Å²) < 4.78 is 59.5. The fourth-order valence-electron chi connectivity index (χ4n) is 10.1. The first kappa shape index (κ1) is 65.3. The van der Waals surface area contributed by atoms with Crippen molar-refractivity contribution in [1.82, 2.24) is 34.2 Å². The fraction of sp³-hybridized carbons (Fsp3) is 0.348. The van der Waals surface area contributed by atoms with Gasteiger partial charge in [-0.2, -0.15) is 33.0 Å². The summed E-state index contributed by atoms with van der Waals surface area (Å²) >= 11 is 0. The van der Waals surface area contributed by atoms with Crippen LogP contribution < -0.4 is 46.6 Å². The van der Waals surface area contributed by atoms with Crippen molar-refractivity contribution in [1.29, 1.82) is 0 Å². The van der Waals surface area contributed by atoms with E-state index < -0.39 is 23.0 Å². The van der Waals surface area contributed by atoms with E-state index in [-0.39, 0.29) is 46.4 Å². The van der Waals surface area contributed by atoms with Crippen molar-refractivity contribution in [2.75, 3.05) is 53.8 Å². The number of anilines is 6. The highest BCUT2D eigenvalue weighted by atomic mass is 19.1. The number of pyridine rings is 4. The molecular formula is C66H73F2N11O12. The Kier molecular flexibility index (Phi) is 18.5. The lowest BCUT2D eigenvalue weighted by atomic mass is 10.1. The van der Waals surface area contributed by atoms with Crippen LogP contribution in [-0.2, 0) is 29.5 Å². The number of halogens is 2. The van der Waals surface area contributed by atoms with Crippen LogP contribution in [0.15, 0.2) is 119 Å². The lowest BCUT2D eigenvalue weighted by molar-refractivity contribution is 0.101. The number of hydrogen-bond donors (Lipinski definition) is 4. The minimum atomic E-state index is -0.618. The molecule has 4 N–H and O–H groups in total. The zero-order valence-electron chi connectivity index (χ0n) is 53.2. The van der Waals surface area contributed by atoms with Gasteiger partial charge < -0.3 is 53.7 Å². The van der Waals surface area contributed by atoms with Crippen LogP contribution in [0, 0.1) is 25.7 Å². The molecule has 91 heavy (non-hydrogen) atoms. The number of nitrogens with one attached hydrogen (secondary N) is 2. The number of aliphatic hydroxyl groups is 1. The molecule has 10 aromatic rings. The topological polar surface area (TPSA) is 281 Å². The molecule has 2 aliphatic rings. The number of aryl methyl sites for hydroxylation is 2. The number of carbonyl (C=O) groups is 2. The van der Waals surface area contributed by atoms with Crippen molar-refractivity contribution in [3.8, 4) is 17.2 Å². The van der Waals surface area contributed by atoms with Crippen molar-refractivity contribution in [2.45, 2.75) is 119 Å². The summed E-state index contributed by atoms with van der Waals surface area (Å²) in [5.41, 5.74) is 4.26. The summed E-state index contributed by atoms with van der Waals surface area (Å²) in [7, 11) is 1.57. The average Bonchev–Trinajstić information content (AvgIpc) is 1.73. The number of aliphatic hydroxyl groups excluding tert-OH is 1. The van der Waals surface area contributed by atoms with Crippen LogP contribution in [0.5, 0.6) is 17.2 Å². The van der Waals surface area contributed by atoms with Gasteiger partial charge >= 0.3 is 0 Å². The van der Waals surface area contributed by atoms with E-state index in [4.69, 9.17) is 28.1 Å². The third-order valence-corrected chi connectivity index (χ3v) is 14.6. The van der Waals surface area contributed by atoms with Gasteiger partial charge in [-0.25, -0.2) is 9.97 Å². The smallest absolute Gasteiger partial charge is 0.290 e. The van der Waals surface area contributed by atoms with Crippen LogP contribution in [0.1, 0.15) is 119 Å². The summed E-state index contributed by atoms with van der Waals surface area (Å²) in [6.07, 6.45) is 4.19. The molecule has 0 unspecified atom stereocenters. The first-order chi connectivity index (χ1) is 42.9. The molecular weight excluding hydrogens is 1180 g/mol. The predicted molar refractivity (Wildman–Crippen MR) is 342 cm³/mol. The van der Waals surface area contributed by atoms with Crippen LogP contribution >= 0.6 is 0 Å². The number of aromatic nitrogens is 7. The van der Waals surface area contributed by atoms with Gasteiger partial charge in [-0.05, 0) is 198 Å². The van der Waals surface area contributed by atoms with Gasteiger partial charge in [0.05, 0.1) is 69.0 Å². The maximum Gasteiger partial charge on any atom is 0.290 e. The molecule has 2 amide bonds. The molecule has 9 heterocycles. The van der Waals surface area contributed by atoms with E-state index in [9.17, 15) is 37.9 Å². The van der Waals surface area contributed by atoms with E-state index in [2.05, 4.69) is 30.6 Å². The minimum Gasteiger partial charge on any atom is -0.508 e. The fourth-order valence-corrected chi connectivity index (χ4v) is 10.1. The number of ether oxygens (including phenoxy) is 2. The van der Waals surface area contributed by atoms with E-state index in [0.29, 0.717) is 134 Å². The zero-order valence-corrected chi connectivity index (χ0v) is 53.2. The number of phenolic OH excluding ortho intramolecular Hbond substituents is 1. The molecule has 0 atom stereocenters. The first-order valence-corrected chi connectivity index (χ1v) is 29.4. The third kappa shape index (κ3) is 13.7. The van der Waals surface area contributed by atoms with Gasteiger partial charge in [0.15, 0.2) is 28.4 Å². The number of nitrogens with zero attached hydrogens (tertiary/aromatic N) is 9. The summed E-state index contributed by atoms with van der Waals surface area (Å²) in [5.74, 6) is 0.928. The Balaban J connectivity index is 0.000000155. The molecule has 478 valence electrons. The number of phenols is 1. The molecule has 7 aromatic heterocycles. The predicted octanol–water partition coefficient (Wildman–Crippen LogP) is 11.5. The lowest BCUT2D eigenvalue weighted by Crippen LogP contribution is -2.30. The number of rotatable bonds is 9. The van der Waals surface area contributed by atoms with Gasteiger partial charge in [0.1, 0.15) is 28.9 Å². The SMILES string of the molecule is CC(C)(C)n1oc2ccc(O)cc2c1=O.CCN1c2ncc(CCO)cc2C(=O)Nc2c(C)cc(F)nc21.CCN1c2ncc(CCOc3ccc4on(C(C)(C)C)c(=O)c4c3)cc2C(=O)Nc2c(C)cc(F)nc21.COc1ccc2on(C(C)(C)C)c(=O)c2c1. The van der Waals surface area contributed by atoms with Gasteiger partial charge in [-0.3, -0.25) is 24.0 Å². The maximum atomic E-state index is 14.1. The second-order valence-electron chi connectivity index (χ2n) is 24.6. The highest BCUT2D eigenvalue weighted by Crippen LogP contribution is 2.39. The van der Waals surface area contributed by atoms with Crippen LogP contribution in [0.2, 0.25) is 0 Å². The van der Waals surface area contributed by atoms with Gasteiger partial charge in [0.2, 0.25) is 11.9 Å². The first-order valence-electron chi connectivity index (χ1n) is 29.4. The molecule has 0 spiro atoms. The van der Waals surface area contributed by atoms with Crippen molar-refractivity contribution in [2.24, 2.45) is 0 Å². The Bertz CT molecular complexity index is 4600. The Morgan fingerprint density at radius 1 is 0.538 bits per heavy atom. The Morgan fingerprint density at radius 3 is 1.34 bits per heavy atom. The summed E-state index contributed by atoms with van der Waals surface area (Å²) in [6, 6.07) is 20.9. The number of fused-ring (bicyclic) bond motifs is 7. The van der Waals surface area contributed by atoms with Crippen LogP contribution in [0.25, 0.3) is 32.9 Å². The Hall–Kier alpha value is -10.2. The standard InChI is InChI=1S/C27H28FN5O4.C16H17FN4O2.C12H15NO3.C11H13NO3/c1-6-32-23-19(25(34)31-22-15(2)11-21(28)30-24(22)32)12-16(14-29-23)9-10-36-17-7-8-20-18(13-17)26(35)33(37-20)27(3,4)5;1-3-21-14-11(7-10(4-5-22)8-18-14)16(23)20-13-9(2)6-12(17)19-15(13)21;1-12(2,3)13-11(14)9-7-8(15-4)5-6-10(9)16-13;1-11(2,3)12-10(14)8-6-7(13)4-5-9(8)15-12/h7-8,11-14H,6,9-10H2,1-5H3,(H,31,34);6-8,22H,3-5H2,1-2H3,(H,20,23);5-7H,1-4H3;4-6,13H,1-3H3. The van der Waals surface area contributed by atoms with Crippen molar-refractivity contribution >= 4 is 79.4 Å². The number of carbonyl (C=O) groups excluding carboxylic acids is 2. The summed E-state index contributed by atoms with van der Waals surface area (Å²) in [4.78, 5) is 82.6. The lowest BCUT2D eigenvalue weighted by Gasteiger charge is -2.22. The molecule has 25 heteroatoms. The summed E-state index contributed by atoms with van der Waals surface area (Å²) in [6.45, 7) is 25.6. The molecule has 0 saturated carbocycles. The van der Waals surface area contributed by atoms with E-state index >= 15 is 0 Å². The van der Waals surface area contributed by atoms with Crippen LogP contribution in [0.4, 0.5) is 43.4 Å². The third-order valence-electron chi connectivity index (χ3n) is 14.6. The second kappa shape index (κ2) is 25.7. The van der Waals surface area contributed by atoms with Crippen molar-refractivity contribution < 1.29 is 51.6 Å². The van der Waals surface area contributed by atoms with E-state index in [1.54, 1.807) is 97.7 Å². The second-order valence-corrected chi connectivity index (χ2v) is 24.6.